The van der Waals surface area contributed by atoms with Crippen molar-refractivity contribution in [2.24, 2.45) is 0 Å². The van der Waals surface area contributed by atoms with E-state index in [1.54, 1.807) is 31.4 Å². The minimum Gasteiger partial charge on any atom is -0.497 e. The highest BCUT2D eigenvalue weighted by Crippen LogP contribution is 2.29. The van der Waals surface area contributed by atoms with Crippen LogP contribution in [0.4, 0.5) is 0 Å². The first kappa shape index (κ1) is 18.5. The lowest BCUT2D eigenvalue weighted by atomic mass is 9.97. The number of rotatable bonds is 4. The van der Waals surface area contributed by atoms with Gasteiger partial charge < -0.3 is 14.2 Å². The lowest BCUT2D eigenvalue weighted by molar-refractivity contribution is 0.0695. The van der Waals surface area contributed by atoms with E-state index in [0.29, 0.717) is 28.8 Å². The van der Waals surface area contributed by atoms with Gasteiger partial charge in [0.15, 0.2) is 0 Å². The minimum atomic E-state index is -0.00565. The highest BCUT2D eigenvalue weighted by Gasteiger charge is 2.29. The van der Waals surface area contributed by atoms with Crippen LogP contribution in [0.1, 0.15) is 35.0 Å². The molecule has 0 unspecified atom stereocenters. The number of halogens is 1. The molecule has 144 valence electrons. The third-order valence-corrected chi connectivity index (χ3v) is 5.17. The number of ether oxygens (including phenoxy) is 1. The summed E-state index contributed by atoms with van der Waals surface area (Å²) in [4.78, 5) is 19.2. The second kappa shape index (κ2) is 8.02. The van der Waals surface area contributed by atoms with Crippen molar-refractivity contribution >= 4 is 17.5 Å². The summed E-state index contributed by atoms with van der Waals surface area (Å²) in [6.45, 7) is 1.27. The first-order chi connectivity index (χ1) is 13.6. The van der Waals surface area contributed by atoms with E-state index in [9.17, 15) is 4.79 Å². The molecule has 0 N–H and O–H groups in total. The van der Waals surface area contributed by atoms with Gasteiger partial charge in [-0.05, 0) is 49.2 Å². The third kappa shape index (κ3) is 3.87. The molecular formula is C21H20ClN3O3. The number of nitrogens with zero attached hydrogens (tertiary/aromatic N) is 3. The number of aromatic nitrogens is 2. The van der Waals surface area contributed by atoms with Crippen LogP contribution in [0.15, 0.2) is 53.1 Å². The predicted molar refractivity (Wildman–Crippen MR) is 106 cm³/mol. The van der Waals surface area contributed by atoms with Crippen LogP contribution < -0.4 is 4.74 Å². The average Bonchev–Trinajstić information content (AvgIpc) is 3.24. The molecule has 1 atom stereocenters. The fourth-order valence-corrected chi connectivity index (χ4v) is 3.54. The van der Waals surface area contributed by atoms with Gasteiger partial charge in [-0.1, -0.05) is 28.9 Å². The largest absolute Gasteiger partial charge is 0.497 e. The number of piperidine rings is 1. The first-order valence-electron chi connectivity index (χ1n) is 9.17. The molecule has 2 heterocycles. The summed E-state index contributed by atoms with van der Waals surface area (Å²) in [5.41, 5.74) is 1.46. The molecule has 1 fully saturated rings. The predicted octanol–water partition coefficient (Wildman–Crippen LogP) is 4.42. The molecule has 7 heteroatoms. The van der Waals surface area contributed by atoms with Gasteiger partial charge in [0.2, 0.25) is 11.7 Å². The second-order valence-corrected chi connectivity index (χ2v) is 7.22. The fraction of sp³-hybridized carbons (Fsp3) is 0.286. The van der Waals surface area contributed by atoms with Crippen LogP contribution in [-0.2, 0) is 0 Å². The van der Waals surface area contributed by atoms with E-state index in [4.69, 9.17) is 20.9 Å². The second-order valence-electron chi connectivity index (χ2n) is 6.79. The molecule has 0 bridgehead atoms. The van der Waals surface area contributed by atoms with Crippen molar-refractivity contribution in [3.8, 4) is 17.1 Å². The van der Waals surface area contributed by atoms with E-state index in [1.165, 1.54) is 0 Å². The molecule has 4 rings (SSSR count). The molecule has 1 amide bonds. The molecule has 1 saturated heterocycles. The van der Waals surface area contributed by atoms with Crippen molar-refractivity contribution in [1.82, 2.24) is 15.0 Å². The van der Waals surface area contributed by atoms with Crippen LogP contribution in [0.2, 0.25) is 5.02 Å². The van der Waals surface area contributed by atoms with E-state index in [-0.39, 0.29) is 11.8 Å². The lowest BCUT2D eigenvalue weighted by Gasteiger charge is -2.31. The number of methoxy groups -OCH3 is 1. The van der Waals surface area contributed by atoms with Gasteiger partial charge in [-0.15, -0.1) is 0 Å². The minimum absolute atomic E-state index is 0.00565. The number of likely N-dealkylation sites (tertiary alicyclic amines) is 1. The number of amides is 1. The third-order valence-electron chi connectivity index (χ3n) is 4.92. The summed E-state index contributed by atoms with van der Waals surface area (Å²) in [6.07, 6.45) is 1.80. The number of hydrogen-bond donors (Lipinski definition) is 0. The van der Waals surface area contributed by atoms with Gasteiger partial charge in [-0.3, -0.25) is 4.79 Å². The molecule has 0 saturated carbocycles. The van der Waals surface area contributed by atoms with Crippen LogP contribution >= 0.6 is 11.6 Å². The molecule has 1 aliphatic rings. The summed E-state index contributed by atoms with van der Waals surface area (Å²) < 4.78 is 10.8. The van der Waals surface area contributed by atoms with Gasteiger partial charge in [-0.2, -0.15) is 4.98 Å². The van der Waals surface area contributed by atoms with Crippen LogP contribution in [0.5, 0.6) is 5.75 Å². The quantitative estimate of drug-likeness (QED) is 0.651. The Balaban J connectivity index is 1.49. The fourth-order valence-electron chi connectivity index (χ4n) is 3.42. The van der Waals surface area contributed by atoms with Crippen LogP contribution in [0.3, 0.4) is 0 Å². The maximum absolute atomic E-state index is 12.8. The molecule has 0 radical (unpaired) electrons. The summed E-state index contributed by atoms with van der Waals surface area (Å²) in [7, 11) is 1.62. The smallest absolute Gasteiger partial charge is 0.253 e. The zero-order chi connectivity index (χ0) is 19.5. The summed E-state index contributed by atoms with van der Waals surface area (Å²) >= 11 is 5.92. The zero-order valence-electron chi connectivity index (χ0n) is 15.5. The van der Waals surface area contributed by atoms with Gasteiger partial charge in [0, 0.05) is 29.2 Å². The van der Waals surface area contributed by atoms with Crippen molar-refractivity contribution in [1.29, 1.82) is 0 Å². The Labute approximate surface area is 168 Å². The molecule has 28 heavy (non-hydrogen) atoms. The van der Waals surface area contributed by atoms with Crippen molar-refractivity contribution in [3.05, 3.63) is 65.0 Å². The van der Waals surface area contributed by atoms with Crippen LogP contribution in [0, 0.1) is 0 Å². The SMILES string of the molecule is COc1cccc(-c2noc([C@H]3CCCN(C(=O)c4ccc(Cl)cc4)C3)n2)c1. The molecule has 0 spiro atoms. The van der Waals surface area contributed by atoms with Crippen LogP contribution in [0.25, 0.3) is 11.4 Å². The van der Waals surface area contributed by atoms with Crippen LogP contribution in [-0.4, -0.2) is 41.1 Å². The summed E-state index contributed by atoms with van der Waals surface area (Å²) in [5, 5.41) is 4.73. The van der Waals surface area contributed by atoms with E-state index in [2.05, 4.69) is 10.1 Å². The number of hydrogen-bond acceptors (Lipinski definition) is 5. The molecule has 3 aromatic rings. The highest BCUT2D eigenvalue weighted by atomic mass is 35.5. The molecule has 1 aromatic heterocycles. The monoisotopic (exact) mass is 397 g/mol. The topological polar surface area (TPSA) is 68.5 Å². The Morgan fingerprint density at radius 1 is 1.25 bits per heavy atom. The van der Waals surface area contributed by atoms with Gasteiger partial charge in [-0.25, -0.2) is 0 Å². The molecular weight excluding hydrogens is 378 g/mol. The maximum atomic E-state index is 12.8. The molecule has 1 aliphatic heterocycles. The standard InChI is InChI=1S/C21H20ClN3O3/c1-27-18-6-2-4-15(12-18)19-23-20(28-24-19)16-5-3-11-25(13-16)21(26)14-7-9-17(22)10-8-14/h2,4,6-10,12,16H,3,5,11,13H2,1H3/t16-/m0/s1. The van der Waals surface area contributed by atoms with E-state index < -0.39 is 0 Å². The average molecular weight is 398 g/mol. The molecule has 0 aliphatic carbocycles. The Bertz CT molecular complexity index is 971. The molecule has 6 nitrogen and oxygen atoms in total. The number of benzene rings is 2. The summed E-state index contributed by atoms with van der Waals surface area (Å²) in [6, 6.07) is 14.5. The number of carbonyl (C=O) groups is 1. The van der Waals surface area contributed by atoms with Gasteiger partial charge in [0.05, 0.1) is 13.0 Å². The van der Waals surface area contributed by atoms with Crippen molar-refractivity contribution < 1.29 is 14.1 Å². The Kier molecular flexibility index (Phi) is 5.30. The molecule has 2 aromatic carbocycles. The first-order valence-corrected chi connectivity index (χ1v) is 9.54. The van der Waals surface area contributed by atoms with Crippen molar-refractivity contribution in [2.45, 2.75) is 18.8 Å². The normalized spacial score (nSPS) is 16.8. The van der Waals surface area contributed by atoms with Gasteiger partial charge in [0.1, 0.15) is 5.75 Å². The van der Waals surface area contributed by atoms with E-state index in [0.717, 1.165) is 30.7 Å². The Hall–Kier alpha value is -2.86. The maximum Gasteiger partial charge on any atom is 0.253 e. The Morgan fingerprint density at radius 3 is 2.86 bits per heavy atom. The van der Waals surface area contributed by atoms with Crippen molar-refractivity contribution in [3.63, 3.8) is 0 Å². The van der Waals surface area contributed by atoms with E-state index in [1.807, 2.05) is 29.2 Å². The summed E-state index contributed by atoms with van der Waals surface area (Å²) in [5.74, 6) is 1.84. The highest BCUT2D eigenvalue weighted by molar-refractivity contribution is 6.30. The van der Waals surface area contributed by atoms with E-state index >= 15 is 0 Å². The lowest BCUT2D eigenvalue weighted by Crippen LogP contribution is -2.39. The zero-order valence-corrected chi connectivity index (χ0v) is 16.2. The van der Waals surface area contributed by atoms with Gasteiger partial charge in [0.25, 0.3) is 5.91 Å². The Morgan fingerprint density at radius 2 is 2.07 bits per heavy atom. The van der Waals surface area contributed by atoms with Crippen molar-refractivity contribution in [2.75, 3.05) is 20.2 Å². The van der Waals surface area contributed by atoms with Gasteiger partial charge >= 0.3 is 0 Å². The number of carbonyl (C=O) groups excluding carboxylic acids is 1.